The molecule has 0 bridgehead atoms. The van der Waals surface area contributed by atoms with Crippen LogP contribution in [-0.2, 0) is 12.8 Å². The lowest BCUT2D eigenvalue weighted by molar-refractivity contribution is 0.387. The van der Waals surface area contributed by atoms with Crippen LogP contribution in [0.1, 0.15) is 101 Å². The number of nitrogens with zero attached hydrogens (tertiary/aromatic N) is 3. The van der Waals surface area contributed by atoms with E-state index in [9.17, 15) is 0 Å². The Bertz CT molecular complexity index is 975. The first-order valence-electron chi connectivity index (χ1n) is 15.6. The molecular weight excluding hydrogens is 474 g/mol. The smallest absolute Gasteiger partial charge is 0.0357 e. The fraction of sp³-hybridized carbons (Fsp3) is 0.500. The zero-order chi connectivity index (χ0) is 27.1. The van der Waals surface area contributed by atoms with Crippen molar-refractivity contribution in [1.29, 1.82) is 0 Å². The molecule has 210 valence electrons. The molecule has 0 atom stereocenters. The van der Waals surface area contributed by atoms with Gasteiger partial charge in [-0.2, -0.15) is 0 Å². The summed E-state index contributed by atoms with van der Waals surface area (Å²) >= 11 is 0. The van der Waals surface area contributed by atoms with E-state index < -0.39 is 0 Å². The number of unbranched alkanes of at least 4 members (excludes halogenated alkanes) is 10. The molecule has 0 amide bonds. The first-order chi connectivity index (χ1) is 19.4. The number of hydrogen-bond acceptors (Lipinski definition) is 3. The number of aryl methyl sites for hydroxylation is 1. The molecule has 0 saturated heterocycles. The number of pyridine rings is 2. The van der Waals surface area contributed by atoms with Crippen LogP contribution >= 0.6 is 0 Å². The lowest BCUT2D eigenvalue weighted by Crippen LogP contribution is -2.21. The maximum atomic E-state index is 4.18. The molecule has 1 aliphatic heterocycles. The average Bonchev–Trinajstić information content (AvgIpc) is 2.98. The maximum absolute atomic E-state index is 4.18. The van der Waals surface area contributed by atoms with E-state index in [2.05, 4.69) is 69.7 Å². The molecule has 3 nitrogen and oxygen atoms in total. The summed E-state index contributed by atoms with van der Waals surface area (Å²) in [4.78, 5) is 10.9. The number of rotatable bonds is 21. The third-order valence-corrected chi connectivity index (χ3v) is 7.40. The maximum Gasteiger partial charge on any atom is 0.0357 e. The van der Waals surface area contributed by atoms with Gasteiger partial charge in [-0.25, -0.2) is 0 Å². The number of aromatic nitrogens is 2. The molecule has 1 aliphatic rings. The van der Waals surface area contributed by atoms with E-state index in [4.69, 9.17) is 0 Å². The first kappa shape index (κ1) is 30.6. The van der Waals surface area contributed by atoms with Gasteiger partial charge in [0.15, 0.2) is 0 Å². The quantitative estimate of drug-likeness (QED) is 0.120. The van der Waals surface area contributed by atoms with Crippen molar-refractivity contribution in [1.82, 2.24) is 14.9 Å². The van der Waals surface area contributed by atoms with E-state index in [1.807, 2.05) is 36.9 Å². The van der Waals surface area contributed by atoms with Crippen LogP contribution in [0.25, 0.3) is 0 Å². The molecule has 3 heterocycles. The molecule has 39 heavy (non-hydrogen) atoms. The molecule has 0 aromatic carbocycles. The van der Waals surface area contributed by atoms with Crippen LogP contribution in [0.5, 0.6) is 0 Å². The van der Waals surface area contributed by atoms with E-state index >= 15 is 0 Å². The predicted molar refractivity (Wildman–Crippen MR) is 168 cm³/mol. The zero-order valence-corrected chi connectivity index (χ0v) is 24.2. The van der Waals surface area contributed by atoms with Crippen LogP contribution in [0.3, 0.4) is 0 Å². The third kappa shape index (κ3) is 15.3. The Morgan fingerprint density at radius 2 is 1.28 bits per heavy atom. The van der Waals surface area contributed by atoms with Gasteiger partial charge in [0.25, 0.3) is 0 Å². The van der Waals surface area contributed by atoms with Gasteiger partial charge < -0.3 is 4.90 Å². The fourth-order valence-corrected chi connectivity index (χ4v) is 5.09. The standard InChI is InChI=1S/C36H51N3/c1(2-6-10-14-21-34-24-18-27-37-31-34)5-9-13-17-29-39-30-20-26-36(33-39)23-16-12-8-4-3-7-11-15-22-35-25-19-28-38-32-35/h7,10-11,14,18-20,24-28,31-33H,1-6,8-9,12-13,15-17,21-23,29-30H2. The third-order valence-electron chi connectivity index (χ3n) is 7.40. The molecule has 0 unspecified atom stereocenters. The van der Waals surface area contributed by atoms with Crippen molar-refractivity contribution in [3.63, 3.8) is 0 Å². The van der Waals surface area contributed by atoms with E-state index in [1.165, 1.54) is 107 Å². The Labute approximate surface area is 238 Å². The van der Waals surface area contributed by atoms with Crippen LogP contribution < -0.4 is 0 Å². The van der Waals surface area contributed by atoms with Crippen LogP contribution in [0.2, 0.25) is 0 Å². The van der Waals surface area contributed by atoms with Gasteiger partial charge >= 0.3 is 0 Å². The highest BCUT2D eigenvalue weighted by molar-refractivity contribution is 5.22. The van der Waals surface area contributed by atoms with Crippen LogP contribution in [0.15, 0.2) is 97.3 Å². The van der Waals surface area contributed by atoms with Gasteiger partial charge in [-0.3, -0.25) is 9.97 Å². The molecule has 2 aromatic rings. The summed E-state index contributed by atoms with van der Waals surface area (Å²) in [6.07, 6.45) is 44.4. The lowest BCUT2D eigenvalue weighted by Gasteiger charge is -2.23. The van der Waals surface area contributed by atoms with Crippen molar-refractivity contribution in [2.24, 2.45) is 0 Å². The SMILES string of the molecule is C(=CCc1cccnc1)CCCCCCCCN1C=C(CCCCCCC=CCCc2cccnc2)C=CC1. The molecule has 3 rings (SSSR count). The summed E-state index contributed by atoms with van der Waals surface area (Å²) < 4.78 is 0. The number of allylic oxidation sites excluding steroid dienone is 6. The second-order valence-electron chi connectivity index (χ2n) is 10.9. The van der Waals surface area contributed by atoms with Crippen molar-refractivity contribution < 1.29 is 0 Å². The highest BCUT2D eigenvalue weighted by Crippen LogP contribution is 2.17. The summed E-state index contributed by atoms with van der Waals surface area (Å²) in [6.45, 7) is 2.29. The van der Waals surface area contributed by atoms with E-state index in [0.29, 0.717) is 0 Å². The van der Waals surface area contributed by atoms with Crippen LogP contribution in [0, 0.1) is 0 Å². The molecule has 0 N–H and O–H groups in total. The summed E-state index contributed by atoms with van der Waals surface area (Å²) in [7, 11) is 0. The molecule has 0 saturated carbocycles. The minimum absolute atomic E-state index is 1.00. The second kappa shape index (κ2) is 21.0. The molecule has 0 aliphatic carbocycles. The van der Waals surface area contributed by atoms with Crippen LogP contribution in [0.4, 0.5) is 0 Å². The van der Waals surface area contributed by atoms with Gasteiger partial charge in [-0.1, -0.05) is 87.1 Å². The van der Waals surface area contributed by atoms with Gasteiger partial charge in [0.05, 0.1) is 0 Å². The topological polar surface area (TPSA) is 29.0 Å². The Kier molecular flexibility index (Phi) is 16.4. The van der Waals surface area contributed by atoms with Crippen molar-refractivity contribution in [3.8, 4) is 0 Å². The molecule has 3 heteroatoms. The van der Waals surface area contributed by atoms with E-state index in [1.54, 1.807) is 0 Å². The average molecular weight is 526 g/mol. The number of hydrogen-bond donors (Lipinski definition) is 0. The highest BCUT2D eigenvalue weighted by Gasteiger charge is 2.05. The van der Waals surface area contributed by atoms with Crippen molar-refractivity contribution in [2.45, 2.75) is 103 Å². The Morgan fingerprint density at radius 3 is 2.03 bits per heavy atom. The van der Waals surface area contributed by atoms with Crippen molar-refractivity contribution in [3.05, 3.63) is 108 Å². The monoisotopic (exact) mass is 525 g/mol. The van der Waals surface area contributed by atoms with Crippen molar-refractivity contribution >= 4 is 0 Å². The van der Waals surface area contributed by atoms with Crippen molar-refractivity contribution in [2.75, 3.05) is 13.1 Å². The minimum Gasteiger partial charge on any atom is -0.373 e. The van der Waals surface area contributed by atoms with Crippen LogP contribution in [-0.4, -0.2) is 28.0 Å². The summed E-state index contributed by atoms with van der Waals surface area (Å²) in [5, 5.41) is 0. The van der Waals surface area contributed by atoms with Gasteiger partial charge in [0, 0.05) is 44.1 Å². The summed E-state index contributed by atoms with van der Waals surface area (Å²) in [5.74, 6) is 0. The molecule has 0 spiro atoms. The lowest BCUT2D eigenvalue weighted by atomic mass is 10.0. The first-order valence-corrected chi connectivity index (χ1v) is 15.6. The minimum atomic E-state index is 1.00. The van der Waals surface area contributed by atoms with E-state index in [-0.39, 0.29) is 0 Å². The highest BCUT2D eigenvalue weighted by atomic mass is 15.1. The Morgan fingerprint density at radius 1 is 0.641 bits per heavy atom. The normalized spacial score (nSPS) is 13.5. The summed E-state index contributed by atoms with van der Waals surface area (Å²) in [5.41, 5.74) is 4.14. The fourth-order valence-electron chi connectivity index (χ4n) is 5.09. The zero-order valence-electron chi connectivity index (χ0n) is 24.2. The summed E-state index contributed by atoms with van der Waals surface area (Å²) in [6, 6.07) is 8.33. The van der Waals surface area contributed by atoms with E-state index in [0.717, 1.165) is 25.8 Å². The molecule has 2 aromatic heterocycles. The second-order valence-corrected chi connectivity index (χ2v) is 10.9. The van der Waals surface area contributed by atoms with Gasteiger partial charge in [-0.15, -0.1) is 0 Å². The Balaban J connectivity index is 1.10. The Hall–Kier alpha value is -2.94. The molecule has 0 fully saturated rings. The predicted octanol–water partition coefficient (Wildman–Crippen LogP) is 9.59. The molecule has 0 radical (unpaired) electrons. The largest absolute Gasteiger partial charge is 0.373 e. The van der Waals surface area contributed by atoms with Gasteiger partial charge in [0.2, 0.25) is 0 Å². The molecular formula is C36H51N3. The van der Waals surface area contributed by atoms with Gasteiger partial charge in [0.1, 0.15) is 0 Å². The van der Waals surface area contributed by atoms with Gasteiger partial charge in [-0.05, 0) is 93.0 Å².